The van der Waals surface area contributed by atoms with Gasteiger partial charge in [-0.25, -0.2) is 0 Å². The third-order valence-electron chi connectivity index (χ3n) is 1.08. The van der Waals surface area contributed by atoms with Crippen molar-refractivity contribution < 1.29 is 14.6 Å². The van der Waals surface area contributed by atoms with E-state index in [1.54, 1.807) is 0 Å². The molecule has 11 heavy (non-hydrogen) atoms. The van der Waals surface area contributed by atoms with E-state index in [0.717, 1.165) is 0 Å². The Balaban J connectivity index is 0. The highest BCUT2D eigenvalue weighted by Crippen LogP contribution is 1.95. The van der Waals surface area contributed by atoms with Gasteiger partial charge >= 0.3 is 15.4 Å². The van der Waals surface area contributed by atoms with Crippen LogP contribution in [0.4, 0.5) is 0 Å². The lowest BCUT2D eigenvalue weighted by atomic mass is 10.2. The lowest BCUT2D eigenvalue weighted by Crippen LogP contribution is -2.00. The van der Waals surface area contributed by atoms with Crippen molar-refractivity contribution in [3.8, 4) is 0 Å². The predicted octanol–water partition coefficient (Wildman–Crippen LogP) is 0.643. The molecule has 0 amide bonds. The van der Waals surface area contributed by atoms with Crippen LogP contribution in [0, 0.1) is 0 Å². The molecule has 5 heteroatoms. The second kappa shape index (κ2) is 16.5. The van der Waals surface area contributed by atoms with Gasteiger partial charge in [0.1, 0.15) is 0 Å². The van der Waals surface area contributed by atoms with Crippen LogP contribution in [0.25, 0.3) is 0 Å². The number of hydrogen-bond donors (Lipinski definition) is 2. The molecule has 0 fully saturated rings. The molecule has 0 heterocycles. The average Bonchev–Trinajstić information content (AvgIpc) is 2.04. The zero-order valence-electron chi connectivity index (χ0n) is 7.29. The molecule has 0 rings (SSSR count). The Morgan fingerprint density at radius 3 is 1.45 bits per heavy atom. The molecule has 2 N–H and O–H groups in total. The van der Waals surface area contributed by atoms with E-state index < -0.39 is 0 Å². The van der Waals surface area contributed by atoms with Gasteiger partial charge in [0, 0.05) is 0 Å². The largest absolute Gasteiger partial charge is 0.469 e. The predicted molar refractivity (Wildman–Crippen MR) is 46.8 cm³/mol. The first-order valence-electron chi connectivity index (χ1n) is 3.90. The molecule has 0 spiro atoms. The smallest absolute Gasteiger partial charge is 0.456 e. The maximum atomic E-state index is 7.53. The van der Waals surface area contributed by atoms with Crippen LogP contribution in [0.15, 0.2) is 0 Å². The Hall–Kier alpha value is 0.00987. The molecule has 0 aliphatic rings. The van der Waals surface area contributed by atoms with Gasteiger partial charge in [-0.3, -0.25) is 0 Å². The highest BCUT2D eigenvalue weighted by Gasteiger charge is 1.81. The third-order valence-corrected chi connectivity index (χ3v) is 1.08. The van der Waals surface area contributed by atoms with Crippen molar-refractivity contribution >= 4 is 15.4 Å². The van der Waals surface area contributed by atoms with Crippen LogP contribution < -0.4 is 0 Å². The number of unbranched alkanes of at least 4 members (excludes halogenated alkanes) is 3. The Morgan fingerprint density at radius 2 is 1.36 bits per heavy atom. The summed E-state index contributed by atoms with van der Waals surface area (Å²) >= 11 is 0. The molecule has 0 saturated heterocycles. The van der Waals surface area contributed by atoms with Gasteiger partial charge in [-0.15, -0.1) is 0 Å². The standard InChI is InChI=1S/C6H14.B2H2O3/c1-3-5-6-4-2;3-1-5-2-4/h3-6H2,1-2H3;3-4H. The van der Waals surface area contributed by atoms with E-state index in [9.17, 15) is 0 Å². The molecule has 3 nitrogen and oxygen atoms in total. The highest BCUT2D eigenvalue weighted by molar-refractivity contribution is 6.32. The van der Waals surface area contributed by atoms with Crippen molar-refractivity contribution in [1.29, 1.82) is 0 Å². The zero-order valence-corrected chi connectivity index (χ0v) is 7.29. The SMILES string of the molecule is CCCCCC.O[B]O[B]O. The maximum absolute atomic E-state index is 7.53. The maximum Gasteiger partial charge on any atom is 0.469 e. The van der Waals surface area contributed by atoms with Crippen LogP contribution >= 0.6 is 0 Å². The topological polar surface area (TPSA) is 49.7 Å². The van der Waals surface area contributed by atoms with Crippen LogP contribution in [0.3, 0.4) is 0 Å². The van der Waals surface area contributed by atoms with E-state index in [-0.39, 0.29) is 0 Å². The molecule has 0 aliphatic heterocycles. The normalized spacial score (nSPS) is 8.00. The molecule has 2 radical (unpaired) electrons. The van der Waals surface area contributed by atoms with Gasteiger partial charge < -0.3 is 14.6 Å². The summed E-state index contributed by atoms with van der Waals surface area (Å²) in [6.45, 7) is 4.46. The first kappa shape index (κ1) is 13.6. The fraction of sp³-hybridized carbons (Fsp3) is 1.00. The quantitative estimate of drug-likeness (QED) is 0.455. The van der Waals surface area contributed by atoms with E-state index in [2.05, 4.69) is 18.4 Å². The van der Waals surface area contributed by atoms with E-state index in [1.807, 2.05) is 0 Å². The van der Waals surface area contributed by atoms with Crippen molar-refractivity contribution in [3.05, 3.63) is 0 Å². The van der Waals surface area contributed by atoms with Crippen molar-refractivity contribution in [1.82, 2.24) is 0 Å². The molecule has 0 aromatic carbocycles. The number of hydrogen-bond acceptors (Lipinski definition) is 3. The Labute approximate surface area is 70.4 Å². The first-order chi connectivity index (χ1) is 5.33. The Morgan fingerprint density at radius 1 is 1.00 bits per heavy atom. The van der Waals surface area contributed by atoms with Crippen molar-refractivity contribution in [2.75, 3.05) is 0 Å². The summed E-state index contributed by atoms with van der Waals surface area (Å²) in [5, 5.41) is 15.1. The number of rotatable bonds is 5. The van der Waals surface area contributed by atoms with Gasteiger partial charge in [0.2, 0.25) is 0 Å². The van der Waals surface area contributed by atoms with Gasteiger partial charge in [0.15, 0.2) is 0 Å². The Kier molecular flexibility index (Phi) is 20.4. The Bertz CT molecular complexity index is 49.1. The first-order valence-corrected chi connectivity index (χ1v) is 3.90. The second-order valence-corrected chi connectivity index (χ2v) is 2.05. The lowest BCUT2D eigenvalue weighted by molar-refractivity contribution is 0.408. The van der Waals surface area contributed by atoms with Crippen molar-refractivity contribution in [2.45, 2.75) is 39.5 Å². The fourth-order valence-corrected chi connectivity index (χ4v) is 0.527. The summed E-state index contributed by atoms with van der Waals surface area (Å²) in [6, 6.07) is 0. The third kappa shape index (κ3) is 25.6. The molecule has 0 bridgehead atoms. The van der Waals surface area contributed by atoms with E-state index in [4.69, 9.17) is 10.0 Å². The van der Waals surface area contributed by atoms with Crippen molar-refractivity contribution in [2.24, 2.45) is 0 Å². The summed E-state index contributed by atoms with van der Waals surface area (Å²) in [7, 11) is 0.750. The highest BCUT2D eigenvalue weighted by atomic mass is 16.5. The molecule has 64 valence electrons. The van der Waals surface area contributed by atoms with Gasteiger partial charge in [-0.05, 0) is 0 Å². The van der Waals surface area contributed by atoms with Crippen LogP contribution in [-0.4, -0.2) is 25.4 Å². The van der Waals surface area contributed by atoms with E-state index in [0.29, 0.717) is 15.4 Å². The molecule has 0 atom stereocenters. The van der Waals surface area contributed by atoms with Crippen LogP contribution in [0.1, 0.15) is 39.5 Å². The second-order valence-electron chi connectivity index (χ2n) is 2.05. The van der Waals surface area contributed by atoms with Crippen LogP contribution in [-0.2, 0) is 4.57 Å². The molecular weight excluding hydrogens is 142 g/mol. The molecular formula is C6H16B2O3. The molecule has 0 aromatic heterocycles. The molecule has 0 saturated carbocycles. The minimum atomic E-state index is 0.375. The monoisotopic (exact) mass is 158 g/mol. The summed E-state index contributed by atoms with van der Waals surface area (Å²) < 4.78 is 3.69. The van der Waals surface area contributed by atoms with Crippen LogP contribution in [0.5, 0.6) is 0 Å². The molecule has 0 unspecified atom stereocenters. The van der Waals surface area contributed by atoms with Crippen molar-refractivity contribution in [3.63, 3.8) is 0 Å². The minimum absolute atomic E-state index is 0.375. The molecule has 0 aliphatic carbocycles. The fourth-order valence-electron chi connectivity index (χ4n) is 0.527. The van der Waals surface area contributed by atoms with Crippen LogP contribution in [0.2, 0.25) is 0 Å². The summed E-state index contributed by atoms with van der Waals surface area (Å²) in [5.41, 5.74) is 0. The zero-order chi connectivity index (χ0) is 8.95. The molecule has 0 aromatic rings. The summed E-state index contributed by atoms with van der Waals surface area (Å²) in [4.78, 5) is 0. The van der Waals surface area contributed by atoms with Gasteiger partial charge in [-0.2, -0.15) is 0 Å². The lowest BCUT2D eigenvalue weighted by Gasteiger charge is -1.86. The van der Waals surface area contributed by atoms with Gasteiger partial charge in [0.25, 0.3) is 0 Å². The van der Waals surface area contributed by atoms with Gasteiger partial charge in [-0.1, -0.05) is 39.5 Å². The van der Waals surface area contributed by atoms with E-state index >= 15 is 0 Å². The minimum Gasteiger partial charge on any atom is -0.456 e. The average molecular weight is 158 g/mol. The summed E-state index contributed by atoms with van der Waals surface area (Å²) in [6.07, 6.45) is 5.54. The summed E-state index contributed by atoms with van der Waals surface area (Å²) in [5.74, 6) is 0. The van der Waals surface area contributed by atoms with E-state index in [1.165, 1.54) is 25.7 Å². The van der Waals surface area contributed by atoms with Gasteiger partial charge in [0.05, 0.1) is 0 Å².